The van der Waals surface area contributed by atoms with Crippen LogP contribution in [0, 0.1) is 11.8 Å². The Labute approximate surface area is 272 Å². The zero-order chi connectivity index (χ0) is 32.2. The number of fused-ring (bicyclic) bond motifs is 3. The summed E-state index contributed by atoms with van der Waals surface area (Å²) in [6.07, 6.45) is 8.73. The average molecular weight is 658 g/mol. The first-order valence-electron chi connectivity index (χ1n) is 15.8. The normalized spacial score (nSPS) is 27.7. The number of carbonyl (C=O) groups is 2. The van der Waals surface area contributed by atoms with E-state index in [1.54, 1.807) is 46.1 Å². The summed E-state index contributed by atoms with van der Waals surface area (Å²) < 4.78 is 39.6. The van der Waals surface area contributed by atoms with Crippen LogP contribution in [0.3, 0.4) is 0 Å². The van der Waals surface area contributed by atoms with Crippen molar-refractivity contribution in [2.24, 2.45) is 16.2 Å². The van der Waals surface area contributed by atoms with Gasteiger partial charge in [-0.25, -0.2) is 4.21 Å². The lowest BCUT2D eigenvalue weighted by Crippen LogP contribution is -2.44. The maximum atomic E-state index is 14.6. The van der Waals surface area contributed by atoms with Crippen LogP contribution in [0.1, 0.15) is 64.0 Å². The first kappa shape index (κ1) is 33.4. The number of aryl methyl sites for hydroxylation is 1. The summed E-state index contributed by atoms with van der Waals surface area (Å²) in [6, 6.07) is 11.1. The summed E-state index contributed by atoms with van der Waals surface area (Å²) in [5.74, 6) is 0.0919. The predicted octanol–water partition coefficient (Wildman–Crippen LogP) is 6.26. The Morgan fingerprint density at radius 2 is 2.00 bits per heavy atom. The van der Waals surface area contributed by atoms with Gasteiger partial charge in [0.05, 0.1) is 23.3 Å². The van der Waals surface area contributed by atoms with Crippen molar-refractivity contribution in [2.75, 3.05) is 31.7 Å². The number of benzene rings is 2. The van der Waals surface area contributed by atoms with Gasteiger partial charge in [0.1, 0.15) is 18.0 Å². The van der Waals surface area contributed by atoms with Crippen LogP contribution >= 0.6 is 11.6 Å². The molecule has 45 heavy (non-hydrogen) atoms. The van der Waals surface area contributed by atoms with Crippen LogP contribution in [0.5, 0.6) is 5.75 Å². The van der Waals surface area contributed by atoms with E-state index in [0.29, 0.717) is 29.2 Å². The summed E-state index contributed by atoms with van der Waals surface area (Å²) in [5, 5.41) is 0.702. The van der Waals surface area contributed by atoms with Crippen LogP contribution in [0.25, 0.3) is 0 Å². The van der Waals surface area contributed by atoms with Crippen molar-refractivity contribution in [1.29, 1.82) is 0 Å². The van der Waals surface area contributed by atoms with Crippen LogP contribution in [0.4, 0.5) is 5.69 Å². The van der Waals surface area contributed by atoms with Gasteiger partial charge in [-0.05, 0) is 99.2 Å². The third-order valence-corrected chi connectivity index (χ3v) is 11.1. The second kappa shape index (κ2) is 14.2. The largest absolute Gasteiger partial charge is 0.487 e. The molecule has 0 aromatic heterocycles. The summed E-state index contributed by atoms with van der Waals surface area (Å²) in [6.45, 7) is 6.82. The van der Waals surface area contributed by atoms with Gasteiger partial charge in [-0.3, -0.25) is 14.3 Å². The molecule has 0 spiro atoms. The minimum Gasteiger partial charge on any atom is -0.487 e. The maximum Gasteiger partial charge on any atom is 0.287 e. The van der Waals surface area contributed by atoms with E-state index in [1.165, 1.54) is 5.56 Å². The molecule has 1 saturated carbocycles. The molecule has 9 nitrogen and oxygen atoms in total. The fraction of sp³-hybridized carbons (Fsp3) is 0.529. The maximum absolute atomic E-state index is 14.6. The molecule has 2 amide bonds. The van der Waals surface area contributed by atoms with Crippen molar-refractivity contribution in [1.82, 2.24) is 4.72 Å². The van der Waals surface area contributed by atoms with E-state index in [0.717, 1.165) is 56.4 Å². The van der Waals surface area contributed by atoms with Crippen LogP contribution in [0.15, 0.2) is 57.8 Å². The number of nitrogens with zero attached hydrogens (tertiary/aromatic N) is 2. The fourth-order valence-corrected chi connectivity index (χ4v) is 8.01. The molecular weight excluding hydrogens is 614 g/mol. The van der Waals surface area contributed by atoms with Gasteiger partial charge < -0.3 is 19.1 Å². The van der Waals surface area contributed by atoms with Gasteiger partial charge in [0.25, 0.3) is 5.91 Å². The lowest BCUT2D eigenvalue weighted by atomic mass is 9.70. The number of carbonyl (C=O) groups excluding carboxylic acids is 2. The van der Waals surface area contributed by atoms with Crippen LogP contribution < -0.4 is 14.4 Å². The van der Waals surface area contributed by atoms with Crippen molar-refractivity contribution < 1.29 is 28.0 Å². The molecular formula is C34H44ClN3O6S. The topological polar surface area (TPSA) is 107 Å². The zero-order valence-corrected chi connectivity index (χ0v) is 28.1. The number of halogens is 1. The number of rotatable bonds is 3. The monoisotopic (exact) mass is 657 g/mol. The molecule has 0 saturated heterocycles. The summed E-state index contributed by atoms with van der Waals surface area (Å²) in [7, 11) is -1.98. The number of hydrogen-bond donors (Lipinski definition) is 1. The van der Waals surface area contributed by atoms with Crippen LogP contribution in [-0.2, 0) is 42.0 Å². The Morgan fingerprint density at radius 1 is 1.18 bits per heavy atom. The summed E-state index contributed by atoms with van der Waals surface area (Å²) in [4.78, 5) is 28.7. The van der Waals surface area contributed by atoms with Gasteiger partial charge in [-0.1, -0.05) is 36.7 Å². The molecule has 11 heteroatoms. The molecule has 2 aliphatic heterocycles. The van der Waals surface area contributed by atoms with E-state index in [-0.39, 0.29) is 24.0 Å². The molecule has 244 valence electrons. The minimum atomic E-state index is -3.71. The number of anilines is 1. The van der Waals surface area contributed by atoms with Crippen molar-refractivity contribution in [3.05, 3.63) is 64.7 Å². The molecule has 1 aliphatic carbocycles. The number of ether oxygens (including phenoxy) is 3. The highest BCUT2D eigenvalue weighted by Gasteiger charge is 2.38. The third-order valence-electron chi connectivity index (χ3n) is 9.06. The first-order chi connectivity index (χ1) is 21.5. The average Bonchev–Trinajstić information content (AvgIpc) is 3.03. The highest BCUT2D eigenvalue weighted by molar-refractivity contribution is 7.92. The van der Waals surface area contributed by atoms with E-state index < -0.39 is 27.3 Å². The molecule has 2 aromatic rings. The SMILES string of the molecule is CCC(=O)N[S@@]1(=O)=NC(=O)C(C)(C)OC/C=C/[C@H](OC)[C@@H]2CC[C@H]2CN2CCCCc3cc(Cl)ccc3COc3ccc1cc32. The molecule has 0 unspecified atom stereocenters. The Balaban J connectivity index is 1.65. The van der Waals surface area contributed by atoms with Crippen LogP contribution in [-0.4, -0.2) is 54.5 Å². The number of hydrogen-bond acceptors (Lipinski definition) is 7. The Hall–Kier alpha value is -2.92. The van der Waals surface area contributed by atoms with Gasteiger partial charge in [-0.2, -0.15) is 0 Å². The highest BCUT2D eigenvalue weighted by atomic mass is 35.5. The van der Waals surface area contributed by atoms with E-state index in [9.17, 15) is 13.8 Å². The lowest BCUT2D eigenvalue weighted by Gasteiger charge is -2.43. The molecule has 2 heterocycles. The van der Waals surface area contributed by atoms with Gasteiger partial charge in [0.2, 0.25) is 5.91 Å². The number of nitrogens with one attached hydrogen (secondary N) is 1. The fourth-order valence-electron chi connectivity index (χ4n) is 6.12. The number of amides is 2. The Bertz CT molecular complexity index is 1570. The zero-order valence-electron chi connectivity index (χ0n) is 26.6. The standard InChI is InChI=1S/C34H44ClN3O6S/c1-5-32(39)36-45(41)27-14-16-31-29(20-27)38(17-7-6-9-23-19-26(35)13-11-25(23)22-43-31)21-24-12-15-28(24)30(42-4)10-8-18-44-34(2,3)33(40)37-45/h8,10-11,13-14,16,19-20,24,28,30H,5-7,9,12,15,17-18,21-22H2,1-4H3,(H,36,37,39,40,41)/b10-8+/t24-,28+,30-,45+/m0/s1. The second-order valence-corrected chi connectivity index (χ2v) is 14.8. The molecule has 1 N–H and O–H groups in total. The van der Waals surface area contributed by atoms with E-state index in [2.05, 4.69) is 14.0 Å². The van der Waals surface area contributed by atoms with Gasteiger partial charge >= 0.3 is 0 Å². The smallest absolute Gasteiger partial charge is 0.287 e. The predicted molar refractivity (Wildman–Crippen MR) is 176 cm³/mol. The first-order valence-corrected chi connectivity index (χ1v) is 17.7. The van der Waals surface area contributed by atoms with Crippen molar-refractivity contribution in [3.8, 4) is 5.75 Å². The molecule has 1 fully saturated rings. The van der Waals surface area contributed by atoms with Crippen molar-refractivity contribution in [2.45, 2.75) is 82.5 Å². The van der Waals surface area contributed by atoms with Gasteiger partial charge in [0, 0.05) is 31.6 Å². The Kier molecular flexibility index (Phi) is 10.6. The van der Waals surface area contributed by atoms with Crippen molar-refractivity contribution in [3.63, 3.8) is 0 Å². The molecule has 2 bridgehead atoms. The Morgan fingerprint density at radius 3 is 2.73 bits per heavy atom. The van der Waals surface area contributed by atoms with E-state index in [4.69, 9.17) is 25.8 Å². The molecule has 4 atom stereocenters. The summed E-state index contributed by atoms with van der Waals surface area (Å²) in [5.41, 5.74) is 1.60. The quantitative estimate of drug-likeness (QED) is 0.388. The van der Waals surface area contributed by atoms with Gasteiger partial charge in [0.15, 0.2) is 9.92 Å². The van der Waals surface area contributed by atoms with Crippen molar-refractivity contribution >= 4 is 39.0 Å². The molecule has 0 radical (unpaired) electrons. The third kappa shape index (κ3) is 7.73. The minimum absolute atomic E-state index is 0.0821. The van der Waals surface area contributed by atoms with Crippen LogP contribution in [0.2, 0.25) is 5.02 Å². The molecule has 5 rings (SSSR count). The lowest BCUT2D eigenvalue weighted by molar-refractivity contribution is -0.137. The second-order valence-electron chi connectivity index (χ2n) is 12.5. The summed E-state index contributed by atoms with van der Waals surface area (Å²) >= 11 is 6.35. The molecule has 2 aromatic carbocycles. The van der Waals surface area contributed by atoms with Gasteiger partial charge in [-0.15, -0.1) is 4.36 Å². The number of methoxy groups -OCH3 is 1. The van der Waals surface area contributed by atoms with E-state index in [1.807, 2.05) is 30.4 Å². The van der Waals surface area contributed by atoms with E-state index >= 15 is 0 Å². The highest BCUT2D eigenvalue weighted by Crippen LogP contribution is 2.42. The molecule has 3 aliphatic rings.